The normalized spacial score (nSPS) is 13.1. The summed E-state index contributed by atoms with van der Waals surface area (Å²) in [7, 11) is -5.63. The molecule has 0 bridgehead atoms. The quantitative estimate of drug-likeness (QED) is 0.454. The first-order valence-electron chi connectivity index (χ1n) is 6.81. The van der Waals surface area contributed by atoms with Crippen molar-refractivity contribution in [2.75, 3.05) is 0 Å². The Kier molecular flexibility index (Phi) is 4.70. The average Bonchev–Trinajstić information content (AvgIpc) is 2.45. The summed E-state index contributed by atoms with van der Waals surface area (Å²) in [5.41, 5.74) is -3.93. The Morgan fingerprint density at radius 3 is 2.35 bits per heavy atom. The maximum absolute atomic E-state index is 12.2. The number of alkyl halides is 3. The van der Waals surface area contributed by atoms with Crippen molar-refractivity contribution >= 4 is 27.0 Å². The Bertz CT molecular complexity index is 837. The minimum atomic E-state index is -5.63. The lowest BCUT2D eigenvalue weighted by atomic mass is 9.91. The molecule has 0 amide bonds. The van der Waals surface area contributed by atoms with E-state index < -0.39 is 15.6 Å². The monoisotopic (exact) mass is 344 g/mol. The molecule has 0 radical (unpaired) electrons. The van der Waals surface area contributed by atoms with E-state index in [-0.39, 0.29) is 5.92 Å². The van der Waals surface area contributed by atoms with Crippen LogP contribution < -0.4 is 0 Å². The standard InChI is InChI=1S/C16H15F3O3S/c1-11(2)15-13(8-7-12-5-3-4-6-14(12)15)9-10-22-23(20,21)16(17,18)19/h3-11H,1-2H3. The van der Waals surface area contributed by atoms with E-state index in [1.165, 1.54) is 6.08 Å². The average molecular weight is 344 g/mol. The molecule has 2 rings (SSSR count). The van der Waals surface area contributed by atoms with Gasteiger partial charge < -0.3 is 4.18 Å². The fourth-order valence-electron chi connectivity index (χ4n) is 2.33. The van der Waals surface area contributed by atoms with E-state index in [9.17, 15) is 21.6 Å². The molecule has 0 unspecified atom stereocenters. The zero-order valence-electron chi connectivity index (χ0n) is 12.5. The maximum atomic E-state index is 12.2. The van der Waals surface area contributed by atoms with Crippen molar-refractivity contribution in [1.82, 2.24) is 0 Å². The summed E-state index contributed by atoms with van der Waals surface area (Å²) in [6, 6.07) is 11.1. The Morgan fingerprint density at radius 2 is 1.74 bits per heavy atom. The van der Waals surface area contributed by atoms with Gasteiger partial charge in [-0.15, -0.1) is 0 Å². The minimum absolute atomic E-state index is 0.0972. The third-order valence-corrected chi connectivity index (χ3v) is 4.23. The van der Waals surface area contributed by atoms with Gasteiger partial charge in [0.25, 0.3) is 0 Å². The van der Waals surface area contributed by atoms with Crippen molar-refractivity contribution in [3.05, 3.63) is 53.8 Å². The van der Waals surface area contributed by atoms with E-state index in [0.717, 1.165) is 16.3 Å². The van der Waals surface area contributed by atoms with Gasteiger partial charge >= 0.3 is 15.6 Å². The van der Waals surface area contributed by atoms with Gasteiger partial charge in [0.1, 0.15) is 6.26 Å². The second-order valence-corrected chi connectivity index (χ2v) is 6.81. The molecular formula is C16H15F3O3S. The van der Waals surface area contributed by atoms with Gasteiger partial charge in [-0.1, -0.05) is 50.2 Å². The predicted octanol–water partition coefficient (Wildman–Crippen LogP) is 4.80. The molecule has 0 saturated carbocycles. The summed E-state index contributed by atoms with van der Waals surface area (Å²) in [4.78, 5) is 0. The fourth-order valence-corrected chi connectivity index (χ4v) is 2.64. The molecule has 0 heterocycles. The largest absolute Gasteiger partial charge is 0.534 e. The van der Waals surface area contributed by atoms with Crippen LogP contribution >= 0.6 is 0 Å². The van der Waals surface area contributed by atoms with Gasteiger partial charge in [0.2, 0.25) is 0 Å². The summed E-state index contributed by atoms with van der Waals surface area (Å²) in [6.07, 6.45) is 1.78. The number of benzene rings is 2. The van der Waals surface area contributed by atoms with E-state index in [0.29, 0.717) is 11.8 Å². The molecule has 0 aliphatic carbocycles. The van der Waals surface area contributed by atoms with Crippen molar-refractivity contribution in [3.63, 3.8) is 0 Å². The van der Waals surface area contributed by atoms with Gasteiger partial charge in [-0.25, -0.2) is 0 Å². The minimum Gasteiger partial charge on any atom is -0.384 e. The highest BCUT2D eigenvalue weighted by Gasteiger charge is 2.47. The lowest BCUT2D eigenvalue weighted by Gasteiger charge is -2.14. The molecule has 3 nitrogen and oxygen atoms in total. The Labute approximate surface area is 132 Å². The van der Waals surface area contributed by atoms with E-state index in [2.05, 4.69) is 4.18 Å². The molecule has 0 aliphatic rings. The van der Waals surface area contributed by atoms with Crippen LogP contribution in [-0.4, -0.2) is 13.9 Å². The van der Waals surface area contributed by atoms with Gasteiger partial charge in [-0.3, -0.25) is 0 Å². The molecule has 7 heteroatoms. The zero-order valence-corrected chi connectivity index (χ0v) is 13.3. The van der Waals surface area contributed by atoms with Crippen LogP contribution in [0, 0.1) is 0 Å². The Hall–Kier alpha value is -2.02. The number of halogens is 3. The molecule has 0 atom stereocenters. The topological polar surface area (TPSA) is 43.4 Å². The summed E-state index contributed by atoms with van der Waals surface area (Å²) in [6.45, 7) is 3.90. The molecule has 23 heavy (non-hydrogen) atoms. The summed E-state index contributed by atoms with van der Waals surface area (Å²) < 4.78 is 62.3. The summed E-state index contributed by atoms with van der Waals surface area (Å²) in [5.74, 6) is 0.0972. The van der Waals surface area contributed by atoms with Gasteiger partial charge in [-0.2, -0.15) is 21.6 Å². The molecule has 0 saturated heterocycles. The molecule has 0 fully saturated rings. The third kappa shape index (κ3) is 3.67. The summed E-state index contributed by atoms with van der Waals surface area (Å²) >= 11 is 0. The van der Waals surface area contributed by atoms with Gasteiger partial charge in [0.15, 0.2) is 0 Å². The number of hydrogen-bond acceptors (Lipinski definition) is 3. The molecule has 0 aliphatic heterocycles. The molecule has 124 valence electrons. The number of hydrogen-bond donors (Lipinski definition) is 0. The van der Waals surface area contributed by atoms with Crippen molar-refractivity contribution in [3.8, 4) is 0 Å². The van der Waals surface area contributed by atoms with Crippen LogP contribution in [0.4, 0.5) is 13.2 Å². The van der Waals surface area contributed by atoms with Crippen molar-refractivity contribution in [2.45, 2.75) is 25.3 Å². The van der Waals surface area contributed by atoms with Gasteiger partial charge in [-0.05, 0) is 33.9 Å². The second-order valence-electron chi connectivity index (χ2n) is 5.24. The first-order valence-corrected chi connectivity index (χ1v) is 8.22. The van der Waals surface area contributed by atoms with Gasteiger partial charge in [0.05, 0.1) is 0 Å². The first kappa shape index (κ1) is 17.3. The highest BCUT2D eigenvalue weighted by atomic mass is 32.2. The van der Waals surface area contributed by atoms with Crippen LogP contribution in [0.15, 0.2) is 42.7 Å². The van der Waals surface area contributed by atoms with E-state index in [1.807, 2.05) is 44.2 Å². The third-order valence-electron chi connectivity index (χ3n) is 3.30. The summed E-state index contributed by atoms with van der Waals surface area (Å²) in [5, 5.41) is 1.96. The molecule has 0 aromatic heterocycles. The Morgan fingerprint density at radius 1 is 1.09 bits per heavy atom. The predicted molar refractivity (Wildman–Crippen MR) is 83.1 cm³/mol. The SMILES string of the molecule is CC(C)c1c(C=COS(=O)(=O)C(F)(F)F)ccc2ccccc12. The zero-order chi connectivity index (χ0) is 17.3. The molecule has 0 N–H and O–H groups in total. The molecule has 2 aromatic rings. The smallest absolute Gasteiger partial charge is 0.384 e. The number of fused-ring (bicyclic) bond motifs is 1. The highest BCUT2D eigenvalue weighted by Crippen LogP contribution is 2.30. The van der Waals surface area contributed by atoms with E-state index >= 15 is 0 Å². The molecular weight excluding hydrogens is 329 g/mol. The van der Waals surface area contributed by atoms with Crippen molar-refractivity contribution in [2.24, 2.45) is 0 Å². The van der Waals surface area contributed by atoms with E-state index in [1.54, 1.807) is 6.07 Å². The maximum Gasteiger partial charge on any atom is 0.534 e. The number of rotatable bonds is 4. The van der Waals surface area contributed by atoms with Crippen molar-refractivity contribution < 1.29 is 25.8 Å². The van der Waals surface area contributed by atoms with Gasteiger partial charge in [0, 0.05) is 0 Å². The molecule has 2 aromatic carbocycles. The molecule has 0 spiro atoms. The lowest BCUT2D eigenvalue weighted by molar-refractivity contribution is -0.0514. The van der Waals surface area contributed by atoms with E-state index in [4.69, 9.17) is 0 Å². The van der Waals surface area contributed by atoms with Crippen molar-refractivity contribution in [1.29, 1.82) is 0 Å². The van der Waals surface area contributed by atoms with Crippen LogP contribution in [0.3, 0.4) is 0 Å². The second kappa shape index (κ2) is 6.23. The lowest BCUT2D eigenvalue weighted by Crippen LogP contribution is -2.23. The van der Waals surface area contributed by atoms with Crippen LogP contribution in [0.25, 0.3) is 16.8 Å². The first-order chi connectivity index (χ1) is 10.6. The fraction of sp³-hybridized carbons (Fsp3) is 0.250. The van der Waals surface area contributed by atoms with Crippen LogP contribution in [0.1, 0.15) is 30.9 Å². The highest BCUT2D eigenvalue weighted by molar-refractivity contribution is 7.87. The van der Waals surface area contributed by atoms with Crippen LogP contribution in [0.5, 0.6) is 0 Å². The Balaban J connectivity index is 2.41. The van der Waals surface area contributed by atoms with Crippen LogP contribution in [0.2, 0.25) is 0 Å². The van der Waals surface area contributed by atoms with Crippen LogP contribution in [-0.2, 0) is 14.3 Å².